The topological polar surface area (TPSA) is 20.3 Å². The summed E-state index contributed by atoms with van der Waals surface area (Å²) in [7, 11) is 2.00. The number of carbonyl (C=O) groups is 1. The number of hydrogen-bond acceptors (Lipinski definition) is 1. The van der Waals surface area contributed by atoms with E-state index in [-0.39, 0.29) is 5.41 Å². The Kier molecular flexibility index (Phi) is 2.72. The molecule has 0 saturated heterocycles. The van der Waals surface area contributed by atoms with Crippen molar-refractivity contribution >= 4 is 5.91 Å². The van der Waals surface area contributed by atoms with Gasteiger partial charge in [-0.2, -0.15) is 0 Å². The van der Waals surface area contributed by atoms with Crippen LogP contribution < -0.4 is 0 Å². The lowest BCUT2D eigenvalue weighted by Crippen LogP contribution is -2.53. The van der Waals surface area contributed by atoms with Crippen LogP contribution >= 0.6 is 0 Å². The molecule has 0 spiro atoms. The zero-order valence-corrected chi connectivity index (χ0v) is 11.2. The normalized spacial score (nSPS) is 42.8. The Bertz CT molecular complexity index is 288. The zero-order chi connectivity index (χ0) is 12.0. The van der Waals surface area contributed by atoms with E-state index in [0.717, 1.165) is 30.7 Å². The Balaban J connectivity index is 1.79. The van der Waals surface area contributed by atoms with Crippen molar-refractivity contribution in [3.63, 3.8) is 0 Å². The molecule has 0 atom stereocenters. The van der Waals surface area contributed by atoms with Crippen molar-refractivity contribution in [3.05, 3.63) is 0 Å². The first-order valence-corrected chi connectivity index (χ1v) is 7.38. The Hall–Kier alpha value is -0.530. The van der Waals surface area contributed by atoms with Crippen molar-refractivity contribution in [1.29, 1.82) is 0 Å². The maximum atomic E-state index is 12.7. The molecule has 4 fully saturated rings. The molecule has 0 N–H and O–H groups in total. The fourth-order valence-electron chi connectivity index (χ4n) is 5.21. The molecule has 0 aromatic rings. The maximum absolute atomic E-state index is 12.7. The van der Waals surface area contributed by atoms with Gasteiger partial charge in [0.25, 0.3) is 0 Å². The van der Waals surface area contributed by atoms with E-state index in [2.05, 4.69) is 6.92 Å². The van der Waals surface area contributed by atoms with E-state index in [1.54, 1.807) is 0 Å². The van der Waals surface area contributed by atoms with Crippen LogP contribution in [0.5, 0.6) is 0 Å². The van der Waals surface area contributed by atoms with Gasteiger partial charge >= 0.3 is 0 Å². The van der Waals surface area contributed by atoms with E-state index in [9.17, 15) is 4.79 Å². The van der Waals surface area contributed by atoms with Crippen molar-refractivity contribution < 1.29 is 4.79 Å². The molecule has 0 aromatic heterocycles. The highest BCUT2D eigenvalue weighted by Gasteiger charge is 2.55. The predicted octanol–water partition coefficient (Wildman–Crippen LogP) is 3.07. The number of nitrogens with zero attached hydrogens (tertiary/aromatic N) is 1. The SMILES string of the molecule is CCCN(C)C(=O)C12CC3CC(CC(C3)C1)C2. The highest BCUT2D eigenvalue weighted by Crippen LogP contribution is 2.60. The third-order valence-corrected chi connectivity index (χ3v) is 5.40. The second-order valence-corrected chi connectivity index (χ2v) is 6.92. The monoisotopic (exact) mass is 235 g/mol. The van der Waals surface area contributed by atoms with Crippen LogP contribution in [0.1, 0.15) is 51.9 Å². The Morgan fingerprint density at radius 1 is 1.12 bits per heavy atom. The highest BCUT2D eigenvalue weighted by molar-refractivity contribution is 5.83. The quantitative estimate of drug-likeness (QED) is 0.736. The molecule has 4 aliphatic carbocycles. The van der Waals surface area contributed by atoms with Crippen molar-refractivity contribution in [2.75, 3.05) is 13.6 Å². The minimum atomic E-state index is 0.0681. The van der Waals surface area contributed by atoms with Gasteiger partial charge in [-0.1, -0.05) is 6.92 Å². The average Bonchev–Trinajstić information content (AvgIpc) is 2.26. The summed E-state index contributed by atoms with van der Waals surface area (Å²) in [5, 5.41) is 0. The molecule has 0 radical (unpaired) electrons. The molecule has 4 bridgehead atoms. The standard InChI is InChI=1S/C15H25NO/c1-3-4-16(2)14(17)15-8-11-5-12(9-15)7-13(6-11)10-15/h11-13H,3-10H2,1-2H3. The fourth-order valence-corrected chi connectivity index (χ4v) is 5.21. The molecule has 2 nitrogen and oxygen atoms in total. The van der Waals surface area contributed by atoms with Crippen molar-refractivity contribution in [3.8, 4) is 0 Å². The lowest BCUT2D eigenvalue weighted by molar-refractivity contribution is -0.156. The number of amides is 1. The molecule has 96 valence electrons. The second kappa shape index (κ2) is 4.00. The number of hydrogen-bond donors (Lipinski definition) is 0. The van der Waals surface area contributed by atoms with Crippen LogP contribution in [0, 0.1) is 23.2 Å². The minimum Gasteiger partial charge on any atom is -0.345 e. The first-order chi connectivity index (χ1) is 8.13. The molecule has 0 unspecified atom stereocenters. The molecule has 4 rings (SSSR count). The average molecular weight is 235 g/mol. The summed E-state index contributed by atoms with van der Waals surface area (Å²) >= 11 is 0. The predicted molar refractivity (Wildman–Crippen MR) is 68.5 cm³/mol. The molecule has 0 aliphatic heterocycles. The summed E-state index contributed by atoms with van der Waals surface area (Å²) < 4.78 is 0. The fraction of sp³-hybridized carbons (Fsp3) is 0.933. The Morgan fingerprint density at radius 3 is 2.00 bits per heavy atom. The third-order valence-electron chi connectivity index (χ3n) is 5.40. The van der Waals surface area contributed by atoms with Gasteiger partial charge in [0.2, 0.25) is 5.91 Å². The smallest absolute Gasteiger partial charge is 0.228 e. The molecule has 4 aliphatic rings. The first kappa shape index (κ1) is 11.6. The maximum Gasteiger partial charge on any atom is 0.228 e. The molecule has 17 heavy (non-hydrogen) atoms. The number of rotatable bonds is 3. The van der Waals surface area contributed by atoms with Gasteiger partial charge in [0.1, 0.15) is 0 Å². The van der Waals surface area contributed by atoms with E-state index >= 15 is 0 Å². The van der Waals surface area contributed by atoms with E-state index in [4.69, 9.17) is 0 Å². The minimum absolute atomic E-state index is 0.0681. The van der Waals surface area contributed by atoms with E-state index in [0.29, 0.717) is 5.91 Å². The van der Waals surface area contributed by atoms with Gasteiger partial charge < -0.3 is 4.90 Å². The van der Waals surface area contributed by atoms with Crippen molar-refractivity contribution in [1.82, 2.24) is 4.90 Å². The number of carbonyl (C=O) groups excluding carboxylic acids is 1. The summed E-state index contributed by atoms with van der Waals surface area (Å²) in [5.74, 6) is 3.10. The molecule has 4 saturated carbocycles. The van der Waals surface area contributed by atoms with E-state index in [1.165, 1.54) is 38.5 Å². The Labute approximate surface area is 105 Å². The van der Waals surface area contributed by atoms with Crippen LogP contribution in [0.15, 0.2) is 0 Å². The molecule has 1 amide bonds. The van der Waals surface area contributed by atoms with Crippen molar-refractivity contribution in [2.24, 2.45) is 23.2 Å². The van der Waals surface area contributed by atoms with Gasteiger partial charge in [0.05, 0.1) is 5.41 Å². The van der Waals surface area contributed by atoms with Crippen LogP contribution in [0.4, 0.5) is 0 Å². The third kappa shape index (κ3) is 1.80. The van der Waals surface area contributed by atoms with Gasteiger partial charge in [-0.05, 0) is 62.7 Å². The largest absolute Gasteiger partial charge is 0.345 e. The van der Waals surface area contributed by atoms with Gasteiger partial charge in [0.15, 0.2) is 0 Å². The zero-order valence-electron chi connectivity index (χ0n) is 11.2. The molecular formula is C15H25NO. The highest BCUT2D eigenvalue weighted by atomic mass is 16.2. The van der Waals surface area contributed by atoms with E-state index in [1.807, 2.05) is 11.9 Å². The van der Waals surface area contributed by atoms with Crippen LogP contribution in [0.3, 0.4) is 0 Å². The molecular weight excluding hydrogens is 210 g/mol. The lowest BCUT2D eigenvalue weighted by atomic mass is 9.49. The van der Waals surface area contributed by atoms with Gasteiger partial charge in [-0.15, -0.1) is 0 Å². The molecule has 2 heteroatoms. The summed E-state index contributed by atoms with van der Waals surface area (Å²) in [6, 6.07) is 0. The molecule has 0 heterocycles. The lowest BCUT2D eigenvalue weighted by Gasteiger charge is -2.56. The molecule has 0 aromatic carbocycles. The summed E-state index contributed by atoms with van der Waals surface area (Å²) in [6.45, 7) is 3.09. The van der Waals surface area contributed by atoms with Gasteiger partial charge in [-0.3, -0.25) is 4.79 Å². The first-order valence-electron chi connectivity index (χ1n) is 7.38. The summed E-state index contributed by atoms with van der Waals surface area (Å²) in [6.07, 6.45) is 8.94. The van der Waals surface area contributed by atoms with Crippen LogP contribution in [0.25, 0.3) is 0 Å². The summed E-state index contributed by atoms with van der Waals surface area (Å²) in [5.41, 5.74) is 0.0681. The van der Waals surface area contributed by atoms with Gasteiger partial charge in [0, 0.05) is 13.6 Å². The van der Waals surface area contributed by atoms with Gasteiger partial charge in [-0.25, -0.2) is 0 Å². The second-order valence-electron chi connectivity index (χ2n) is 6.92. The van der Waals surface area contributed by atoms with E-state index < -0.39 is 0 Å². The van der Waals surface area contributed by atoms with Crippen molar-refractivity contribution in [2.45, 2.75) is 51.9 Å². The summed E-state index contributed by atoms with van der Waals surface area (Å²) in [4.78, 5) is 14.7. The van der Waals surface area contributed by atoms with Crippen LogP contribution in [0.2, 0.25) is 0 Å². The van der Waals surface area contributed by atoms with Crippen LogP contribution in [-0.2, 0) is 4.79 Å². The Morgan fingerprint density at radius 2 is 1.59 bits per heavy atom. The van der Waals surface area contributed by atoms with Crippen LogP contribution in [-0.4, -0.2) is 24.4 Å².